The molecule has 0 fully saturated rings. The lowest BCUT2D eigenvalue weighted by Gasteiger charge is -2.24. The summed E-state index contributed by atoms with van der Waals surface area (Å²) in [7, 11) is 0. The summed E-state index contributed by atoms with van der Waals surface area (Å²) >= 11 is 0. The molecular weight excluding hydrogens is 276 g/mol. The van der Waals surface area contributed by atoms with Gasteiger partial charge in [-0.25, -0.2) is 4.79 Å². The maximum Gasteiger partial charge on any atom is 0.340 e. The Hall–Kier alpha value is -2.13. The summed E-state index contributed by atoms with van der Waals surface area (Å²) in [6.45, 7) is 5.91. The van der Waals surface area contributed by atoms with Gasteiger partial charge < -0.3 is 9.47 Å². The van der Waals surface area contributed by atoms with Crippen LogP contribution in [0.3, 0.4) is 0 Å². The van der Waals surface area contributed by atoms with Crippen LogP contribution in [-0.4, -0.2) is 11.6 Å². The van der Waals surface area contributed by atoms with Crippen LogP contribution in [0.4, 0.5) is 0 Å². The van der Waals surface area contributed by atoms with Gasteiger partial charge in [-0.15, -0.1) is 0 Å². The zero-order valence-corrected chi connectivity index (χ0v) is 13.3. The van der Waals surface area contributed by atoms with E-state index in [-0.39, 0.29) is 5.97 Å². The van der Waals surface area contributed by atoms with Crippen LogP contribution in [0, 0.1) is 0 Å². The summed E-state index contributed by atoms with van der Waals surface area (Å²) in [5.74, 6) is -0.366. The van der Waals surface area contributed by atoms with Crippen LogP contribution in [0.15, 0.2) is 60.7 Å². The van der Waals surface area contributed by atoms with Crippen LogP contribution in [0.25, 0.3) is 0 Å². The van der Waals surface area contributed by atoms with Crippen molar-refractivity contribution >= 4 is 5.97 Å². The van der Waals surface area contributed by atoms with Gasteiger partial charge in [-0.2, -0.15) is 0 Å². The van der Waals surface area contributed by atoms with E-state index in [1.54, 1.807) is 0 Å². The first-order valence-electron chi connectivity index (χ1n) is 7.39. The lowest BCUT2D eigenvalue weighted by atomic mass is 10.1. The summed E-state index contributed by atoms with van der Waals surface area (Å²) in [5, 5.41) is 0. The summed E-state index contributed by atoms with van der Waals surface area (Å²) in [6.07, 6.45) is -0.722. The third-order valence-electron chi connectivity index (χ3n) is 2.98. The molecule has 0 amide bonds. The molecule has 2 rings (SSSR count). The zero-order valence-electron chi connectivity index (χ0n) is 13.3. The second kappa shape index (κ2) is 7.23. The van der Waals surface area contributed by atoms with Crippen LogP contribution in [0.2, 0.25) is 0 Å². The van der Waals surface area contributed by atoms with Crippen molar-refractivity contribution in [2.45, 2.75) is 39.1 Å². The van der Waals surface area contributed by atoms with Crippen molar-refractivity contribution in [2.75, 3.05) is 0 Å². The first-order chi connectivity index (χ1) is 10.5. The molecular formula is C19H22O3. The van der Waals surface area contributed by atoms with Gasteiger partial charge in [0.1, 0.15) is 5.60 Å². The number of carbonyl (C=O) groups excluding carboxylic acids is 1. The number of rotatable bonds is 5. The van der Waals surface area contributed by atoms with Gasteiger partial charge in [0, 0.05) is 0 Å². The molecule has 0 saturated carbocycles. The quantitative estimate of drug-likeness (QED) is 0.773. The van der Waals surface area contributed by atoms with E-state index in [2.05, 4.69) is 0 Å². The molecule has 3 nitrogen and oxygen atoms in total. The number of esters is 1. The van der Waals surface area contributed by atoms with E-state index in [1.165, 1.54) is 0 Å². The topological polar surface area (TPSA) is 35.5 Å². The fourth-order valence-electron chi connectivity index (χ4n) is 2.04. The van der Waals surface area contributed by atoms with Crippen molar-refractivity contribution in [1.82, 2.24) is 0 Å². The molecule has 116 valence electrons. The molecule has 22 heavy (non-hydrogen) atoms. The van der Waals surface area contributed by atoms with E-state index < -0.39 is 11.7 Å². The highest BCUT2D eigenvalue weighted by atomic mass is 16.6. The highest BCUT2D eigenvalue weighted by Gasteiger charge is 2.27. The molecule has 0 bridgehead atoms. The third kappa shape index (κ3) is 5.01. The molecule has 0 aliphatic carbocycles. The Labute approximate surface area is 131 Å². The molecule has 3 heteroatoms. The number of benzene rings is 2. The normalized spacial score (nSPS) is 12.7. The van der Waals surface area contributed by atoms with Crippen LogP contribution < -0.4 is 0 Å². The molecule has 1 atom stereocenters. The van der Waals surface area contributed by atoms with Crippen LogP contribution >= 0.6 is 0 Å². The van der Waals surface area contributed by atoms with Gasteiger partial charge in [-0.3, -0.25) is 0 Å². The highest BCUT2D eigenvalue weighted by molar-refractivity contribution is 5.77. The molecule has 0 spiro atoms. The fraction of sp³-hybridized carbons (Fsp3) is 0.316. The molecule has 0 aliphatic rings. The van der Waals surface area contributed by atoms with Crippen molar-refractivity contribution < 1.29 is 14.3 Å². The van der Waals surface area contributed by atoms with Gasteiger partial charge in [0.2, 0.25) is 0 Å². The summed E-state index contributed by atoms with van der Waals surface area (Å²) in [4.78, 5) is 12.4. The van der Waals surface area contributed by atoms with Crippen molar-refractivity contribution in [3.63, 3.8) is 0 Å². The van der Waals surface area contributed by atoms with Gasteiger partial charge in [0.05, 0.1) is 6.61 Å². The van der Waals surface area contributed by atoms with Gasteiger partial charge in [0.15, 0.2) is 6.10 Å². The predicted molar refractivity (Wildman–Crippen MR) is 86.3 cm³/mol. The lowest BCUT2D eigenvalue weighted by Crippen LogP contribution is -2.29. The van der Waals surface area contributed by atoms with Gasteiger partial charge in [-0.1, -0.05) is 60.7 Å². The number of hydrogen-bond acceptors (Lipinski definition) is 3. The molecule has 0 aliphatic heterocycles. The smallest absolute Gasteiger partial charge is 0.340 e. The van der Waals surface area contributed by atoms with Crippen molar-refractivity contribution in [3.05, 3.63) is 71.8 Å². The van der Waals surface area contributed by atoms with Crippen LogP contribution in [0.5, 0.6) is 0 Å². The Kier molecular flexibility index (Phi) is 5.34. The predicted octanol–water partition coefficient (Wildman–Crippen LogP) is 4.29. The number of carbonyl (C=O) groups is 1. The minimum absolute atomic E-state index is 0.361. The van der Waals surface area contributed by atoms with Crippen molar-refractivity contribution in [2.24, 2.45) is 0 Å². The van der Waals surface area contributed by atoms with E-state index in [0.717, 1.165) is 11.1 Å². The Balaban J connectivity index is 2.13. The Morgan fingerprint density at radius 1 is 0.955 bits per heavy atom. The van der Waals surface area contributed by atoms with Gasteiger partial charge >= 0.3 is 5.97 Å². The first-order valence-corrected chi connectivity index (χ1v) is 7.39. The second-order valence-electron chi connectivity index (χ2n) is 6.12. The average Bonchev–Trinajstić information content (AvgIpc) is 2.48. The number of hydrogen-bond donors (Lipinski definition) is 0. The van der Waals surface area contributed by atoms with E-state index in [9.17, 15) is 4.79 Å². The zero-order chi connectivity index (χ0) is 16.0. The third-order valence-corrected chi connectivity index (χ3v) is 2.98. The van der Waals surface area contributed by atoms with Gasteiger partial charge in [-0.05, 0) is 31.9 Å². The fourth-order valence-corrected chi connectivity index (χ4v) is 2.04. The van der Waals surface area contributed by atoms with Crippen LogP contribution in [0.1, 0.15) is 38.0 Å². The van der Waals surface area contributed by atoms with Gasteiger partial charge in [0.25, 0.3) is 0 Å². The molecule has 0 saturated heterocycles. The molecule has 2 aromatic carbocycles. The standard InChI is InChI=1S/C19H22O3/c1-19(2,3)22-18(20)17(16-12-8-5-9-13-16)21-14-15-10-6-4-7-11-15/h4-13,17H,14H2,1-3H3. The van der Waals surface area contributed by atoms with E-state index in [0.29, 0.717) is 6.61 Å². The lowest BCUT2D eigenvalue weighted by molar-refractivity contribution is -0.170. The monoisotopic (exact) mass is 298 g/mol. The molecule has 0 N–H and O–H groups in total. The van der Waals surface area contributed by atoms with Crippen molar-refractivity contribution in [1.29, 1.82) is 0 Å². The summed E-state index contributed by atoms with van der Waals surface area (Å²) < 4.78 is 11.3. The minimum Gasteiger partial charge on any atom is -0.458 e. The summed E-state index contributed by atoms with van der Waals surface area (Å²) in [6, 6.07) is 19.2. The van der Waals surface area contributed by atoms with Crippen LogP contribution in [-0.2, 0) is 20.9 Å². The average molecular weight is 298 g/mol. The SMILES string of the molecule is CC(C)(C)OC(=O)C(OCc1ccccc1)c1ccccc1. The number of ether oxygens (including phenoxy) is 2. The maximum absolute atomic E-state index is 12.4. The van der Waals surface area contributed by atoms with E-state index in [4.69, 9.17) is 9.47 Å². The van der Waals surface area contributed by atoms with E-state index in [1.807, 2.05) is 81.4 Å². The molecule has 1 unspecified atom stereocenters. The highest BCUT2D eigenvalue weighted by Crippen LogP contribution is 2.23. The maximum atomic E-state index is 12.4. The largest absolute Gasteiger partial charge is 0.458 e. The molecule has 0 heterocycles. The van der Waals surface area contributed by atoms with E-state index >= 15 is 0 Å². The Bertz CT molecular complexity index is 585. The molecule has 2 aromatic rings. The molecule has 0 aromatic heterocycles. The van der Waals surface area contributed by atoms with Crippen molar-refractivity contribution in [3.8, 4) is 0 Å². The molecule has 0 radical (unpaired) electrons. The minimum atomic E-state index is -0.722. The summed E-state index contributed by atoms with van der Waals surface area (Å²) in [5.41, 5.74) is 1.28. The Morgan fingerprint density at radius 3 is 2.05 bits per heavy atom. The second-order valence-corrected chi connectivity index (χ2v) is 6.12. The Morgan fingerprint density at radius 2 is 1.50 bits per heavy atom. The first kappa shape index (κ1) is 16.2.